The molecule has 0 bridgehead atoms. The molecule has 0 aliphatic heterocycles. The maximum atomic E-state index is 13.7. The zero-order valence-electron chi connectivity index (χ0n) is 16.1. The molecule has 1 aliphatic rings. The van der Waals surface area contributed by atoms with Crippen molar-refractivity contribution in [3.63, 3.8) is 0 Å². The SMILES string of the molecule is O=C(N[C@@H](c1nc2cc(Br)ccc2o1)C1CCC(F)(F)CC1)OCc1ccccc1. The van der Waals surface area contributed by atoms with Crippen molar-refractivity contribution in [2.45, 2.75) is 44.3 Å². The van der Waals surface area contributed by atoms with Gasteiger partial charge in [0.1, 0.15) is 18.2 Å². The second-order valence-electron chi connectivity index (χ2n) is 7.54. The highest BCUT2D eigenvalue weighted by Gasteiger charge is 2.40. The second-order valence-corrected chi connectivity index (χ2v) is 8.46. The van der Waals surface area contributed by atoms with Gasteiger partial charge in [0.25, 0.3) is 0 Å². The number of aromatic nitrogens is 1. The summed E-state index contributed by atoms with van der Waals surface area (Å²) in [5.41, 5.74) is 2.05. The van der Waals surface area contributed by atoms with E-state index in [1.807, 2.05) is 42.5 Å². The normalized spacial score (nSPS) is 17.6. The maximum Gasteiger partial charge on any atom is 0.408 e. The Labute approximate surface area is 180 Å². The molecule has 3 aromatic rings. The van der Waals surface area contributed by atoms with Gasteiger partial charge in [0.2, 0.25) is 11.8 Å². The number of benzene rings is 2. The Hall–Kier alpha value is -2.48. The average Bonchev–Trinajstić information content (AvgIpc) is 3.14. The molecule has 1 saturated carbocycles. The molecule has 4 rings (SSSR count). The number of nitrogens with one attached hydrogen (secondary N) is 1. The number of nitrogens with zero attached hydrogens (tertiary/aromatic N) is 1. The van der Waals surface area contributed by atoms with Crippen LogP contribution in [0.4, 0.5) is 13.6 Å². The van der Waals surface area contributed by atoms with Crippen LogP contribution in [0, 0.1) is 5.92 Å². The van der Waals surface area contributed by atoms with Crippen LogP contribution in [0.2, 0.25) is 0 Å². The summed E-state index contributed by atoms with van der Waals surface area (Å²) in [6.07, 6.45) is -0.552. The third kappa shape index (κ3) is 4.98. The molecule has 1 amide bonds. The standard InChI is InChI=1S/C22H21BrF2N2O3/c23-16-6-7-18-17(12-16)26-20(30-18)19(15-8-10-22(24,25)11-9-15)27-21(28)29-13-14-4-2-1-3-5-14/h1-7,12,15,19H,8-11,13H2,(H,27,28)/t19-/m1/s1. The number of hydrogen-bond acceptors (Lipinski definition) is 4. The van der Waals surface area contributed by atoms with E-state index in [9.17, 15) is 13.6 Å². The zero-order valence-corrected chi connectivity index (χ0v) is 17.7. The number of hydrogen-bond donors (Lipinski definition) is 1. The van der Waals surface area contributed by atoms with E-state index < -0.39 is 18.1 Å². The van der Waals surface area contributed by atoms with E-state index in [4.69, 9.17) is 9.15 Å². The number of alkyl halides is 2. The lowest BCUT2D eigenvalue weighted by atomic mass is 9.82. The summed E-state index contributed by atoms with van der Waals surface area (Å²) < 4.78 is 39.4. The fraction of sp³-hybridized carbons (Fsp3) is 0.364. The minimum Gasteiger partial charge on any atom is -0.445 e. The number of oxazole rings is 1. The van der Waals surface area contributed by atoms with E-state index >= 15 is 0 Å². The Balaban J connectivity index is 1.52. The molecule has 1 N–H and O–H groups in total. The smallest absolute Gasteiger partial charge is 0.408 e. The summed E-state index contributed by atoms with van der Waals surface area (Å²) in [5, 5.41) is 2.80. The van der Waals surface area contributed by atoms with Crippen LogP contribution in [-0.2, 0) is 11.3 Å². The van der Waals surface area contributed by atoms with Crippen molar-refractivity contribution in [1.82, 2.24) is 10.3 Å². The molecule has 1 aromatic heterocycles. The van der Waals surface area contributed by atoms with Gasteiger partial charge in [0, 0.05) is 17.3 Å². The van der Waals surface area contributed by atoms with Crippen molar-refractivity contribution >= 4 is 33.1 Å². The first-order valence-corrected chi connectivity index (χ1v) is 10.6. The van der Waals surface area contributed by atoms with E-state index in [-0.39, 0.29) is 38.2 Å². The van der Waals surface area contributed by atoms with Crippen molar-refractivity contribution in [3.05, 3.63) is 64.5 Å². The van der Waals surface area contributed by atoms with Gasteiger partial charge < -0.3 is 14.5 Å². The Bertz CT molecular complexity index is 1020. The highest BCUT2D eigenvalue weighted by atomic mass is 79.9. The summed E-state index contributed by atoms with van der Waals surface area (Å²) in [4.78, 5) is 17.0. The fourth-order valence-electron chi connectivity index (χ4n) is 3.72. The second kappa shape index (κ2) is 8.71. The largest absolute Gasteiger partial charge is 0.445 e. The van der Waals surface area contributed by atoms with Gasteiger partial charge in [-0.2, -0.15) is 0 Å². The number of halogens is 3. The molecule has 8 heteroatoms. The van der Waals surface area contributed by atoms with Gasteiger partial charge in [0.15, 0.2) is 5.58 Å². The average molecular weight is 479 g/mol. The Morgan fingerprint density at radius 3 is 2.70 bits per heavy atom. The van der Waals surface area contributed by atoms with Crippen LogP contribution in [0.15, 0.2) is 57.4 Å². The Morgan fingerprint density at radius 2 is 1.97 bits per heavy atom. The van der Waals surface area contributed by atoms with Crippen molar-refractivity contribution < 1.29 is 22.7 Å². The first kappa shape index (κ1) is 20.8. The molecule has 1 aliphatic carbocycles. The molecule has 0 saturated heterocycles. The Kier molecular flexibility index (Phi) is 6.04. The highest BCUT2D eigenvalue weighted by Crippen LogP contribution is 2.41. The van der Waals surface area contributed by atoms with Gasteiger partial charge in [-0.05, 0) is 42.5 Å². The van der Waals surface area contributed by atoms with Crippen LogP contribution in [-0.4, -0.2) is 17.0 Å². The number of amides is 1. The van der Waals surface area contributed by atoms with Crippen molar-refractivity contribution in [3.8, 4) is 0 Å². The maximum absolute atomic E-state index is 13.7. The lowest BCUT2D eigenvalue weighted by Crippen LogP contribution is -2.37. The predicted octanol–water partition coefficient (Wildman–Crippen LogP) is 6.38. The van der Waals surface area contributed by atoms with Gasteiger partial charge in [-0.15, -0.1) is 0 Å². The molecule has 0 unspecified atom stereocenters. The van der Waals surface area contributed by atoms with E-state index in [2.05, 4.69) is 26.2 Å². The quantitative estimate of drug-likeness (QED) is 0.461. The van der Waals surface area contributed by atoms with Crippen LogP contribution in [0.3, 0.4) is 0 Å². The van der Waals surface area contributed by atoms with Gasteiger partial charge >= 0.3 is 6.09 Å². The lowest BCUT2D eigenvalue weighted by molar-refractivity contribution is -0.0505. The van der Waals surface area contributed by atoms with Gasteiger partial charge in [-0.1, -0.05) is 46.3 Å². The zero-order chi connectivity index (χ0) is 21.1. The van der Waals surface area contributed by atoms with Crippen LogP contribution in [0.25, 0.3) is 11.1 Å². The molecule has 5 nitrogen and oxygen atoms in total. The molecular formula is C22H21BrF2N2O3. The minimum absolute atomic E-state index is 0.114. The van der Waals surface area contributed by atoms with E-state index in [0.717, 1.165) is 10.0 Å². The monoisotopic (exact) mass is 478 g/mol. The van der Waals surface area contributed by atoms with E-state index in [1.54, 1.807) is 6.07 Å². The van der Waals surface area contributed by atoms with Crippen molar-refractivity contribution in [2.24, 2.45) is 5.92 Å². The number of carbonyl (C=O) groups is 1. The lowest BCUT2D eigenvalue weighted by Gasteiger charge is -2.32. The third-order valence-corrected chi connectivity index (χ3v) is 5.84. The summed E-state index contributed by atoms with van der Waals surface area (Å²) in [5.74, 6) is -2.58. The summed E-state index contributed by atoms with van der Waals surface area (Å²) in [6, 6.07) is 14.1. The van der Waals surface area contributed by atoms with E-state index in [1.165, 1.54) is 0 Å². The van der Waals surface area contributed by atoms with Crippen molar-refractivity contribution in [2.75, 3.05) is 0 Å². The van der Waals surface area contributed by atoms with Crippen LogP contribution < -0.4 is 5.32 Å². The molecule has 158 valence electrons. The molecule has 2 aromatic carbocycles. The van der Waals surface area contributed by atoms with Gasteiger partial charge in [-0.3, -0.25) is 0 Å². The van der Waals surface area contributed by atoms with Crippen LogP contribution >= 0.6 is 15.9 Å². The molecule has 0 radical (unpaired) electrons. The summed E-state index contributed by atoms with van der Waals surface area (Å²) >= 11 is 3.40. The highest BCUT2D eigenvalue weighted by molar-refractivity contribution is 9.10. The van der Waals surface area contributed by atoms with Gasteiger partial charge in [0.05, 0.1) is 0 Å². The summed E-state index contributed by atoms with van der Waals surface area (Å²) in [7, 11) is 0. The third-order valence-electron chi connectivity index (χ3n) is 5.35. The topological polar surface area (TPSA) is 64.4 Å². The molecule has 1 fully saturated rings. The molecule has 30 heavy (non-hydrogen) atoms. The Morgan fingerprint density at radius 1 is 1.23 bits per heavy atom. The molecular weight excluding hydrogens is 458 g/mol. The minimum atomic E-state index is -2.67. The summed E-state index contributed by atoms with van der Waals surface area (Å²) in [6.45, 7) is 0.114. The number of alkyl carbamates (subject to hydrolysis) is 1. The number of ether oxygens (including phenoxy) is 1. The number of carbonyl (C=O) groups excluding carboxylic acids is 1. The molecule has 1 heterocycles. The van der Waals surface area contributed by atoms with Gasteiger partial charge in [-0.25, -0.2) is 18.6 Å². The first-order valence-electron chi connectivity index (χ1n) is 9.81. The van der Waals surface area contributed by atoms with Crippen LogP contribution in [0.5, 0.6) is 0 Å². The number of rotatable bonds is 5. The van der Waals surface area contributed by atoms with Crippen LogP contribution in [0.1, 0.15) is 43.2 Å². The van der Waals surface area contributed by atoms with E-state index in [0.29, 0.717) is 17.0 Å². The predicted molar refractivity (Wildman–Crippen MR) is 111 cm³/mol. The fourth-order valence-corrected chi connectivity index (χ4v) is 4.07. The number of fused-ring (bicyclic) bond motifs is 1. The van der Waals surface area contributed by atoms with Crippen molar-refractivity contribution in [1.29, 1.82) is 0 Å². The first-order chi connectivity index (χ1) is 14.4. The molecule has 1 atom stereocenters. The molecule has 0 spiro atoms.